The standard InChI is InChI=1S/C18H21FN2O.ClH/c19-14-18(21-11-9-20-10-12-21)15-5-4-8-17(13-15)22-16-6-2-1-3-7-16;/h1-8,13,18,20H,9-12,14H2;1H/t18-;/m1./s1. The van der Waals surface area contributed by atoms with Crippen LogP contribution in [0.4, 0.5) is 4.39 Å². The second-order valence-electron chi connectivity index (χ2n) is 5.44. The molecule has 1 aliphatic heterocycles. The molecule has 1 heterocycles. The lowest BCUT2D eigenvalue weighted by Gasteiger charge is -2.33. The zero-order valence-electron chi connectivity index (χ0n) is 13.0. The molecule has 1 fully saturated rings. The van der Waals surface area contributed by atoms with E-state index in [0.717, 1.165) is 43.2 Å². The fourth-order valence-corrected chi connectivity index (χ4v) is 2.80. The van der Waals surface area contributed by atoms with E-state index in [1.165, 1.54) is 0 Å². The Morgan fingerprint density at radius 3 is 2.39 bits per heavy atom. The van der Waals surface area contributed by atoms with E-state index in [9.17, 15) is 4.39 Å². The molecule has 3 rings (SSSR count). The van der Waals surface area contributed by atoms with Crippen molar-refractivity contribution < 1.29 is 9.13 Å². The van der Waals surface area contributed by atoms with Gasteiger partial charge in [0.2, 0.25) is 0 Å². The van der Waals surface area contributed by atoms with E-state index in [1.807, 2.05) is 54.6 Å². The Hall–Kier alpha value is -1.62. The van der Waals surface area contributed by atoms with Crippen LogP contribution in [0.2, 0.25) is 0 Å². The minimum absolute atomic E-state index is 0. The second-order valence-corrected chi connectivity index (χ2v) is 5.44. The first-order valence-electron chi connectivity index (χ1n) is 7.70. The summed E-state index contributed by atoms with van der Waals surface area (Å²) < 4.78 is 19.4. The van der Waals surface area contributed by atoms with Gasteiger partial charge in [0.25, 0.3) is 0 Å². The third-order valence-electron chi connectivity index (χ3n) is 3.96. The third kappa shape index (κ3) is 4.67. The molecule has 23 heavy (non-hydrogen) atoms. The van der Waals surface area contributed by atoms with Gasteiger partial charge < -0.3 is 10.1 Å². The maximum atomic E-state index is 13.6. The number of hydrogen-bond acceptors (Lipinski definition) is 3. The summed E-state index contributed by atoms with van der Waals surface area (Å²) >= 11 is 0. The molecule has 0 spiro atoms. The molecule has 2 aromatic rings. The van der Waals surface area contributed by atoms with E-state index < -0.39 is 0 Å². The highest BCUT2D eigenvalue weighted by Crippen LogP contribution is 2.27. The van der Waals surface area contributed by atoms with Gasteiger partial charge >= 0.3 is 0 Å². The zero-order chi connectivity index (χ0) is 15.2. The molecule has 2 aromatic carbocycles. The number of para-hydroxylation sites is 1. The van der Waals surface area contributed by atoms with Crippen molar-refractivity contribution >= 4 is 12.4 Å². The van der Waals surface area contributed by atoms with Crippen molar-refractivity contribution in [2.45, 2.75) is 6.04 Å². The van der Waals surface area contributed by atoms with Gasteiger partial charge in [0.05, 0.1) is 6.04 Å². The Morgan fingerprint density at radius 2 is 1.70 bits per heavy atom. The van der Waals surface area contributed by atoms with E-state index in [0.29, 0.717) is 0 Å². The highest BCUT2D eigenvalue weighted by atomic mass is 35.5. The van der Waals surface area contributed by atoms with Crippen LogP contribution in [0, 0.1) is 0 Å². The van der Waals surface area contributed by atoms with Crippen LogP contribution in [0.1, 0.15) is 11.6 Å². The Morgan fingerprint density at radius 1 is 1.00 bits per heavy atom. The van der Waals surface area contributed by atoms with Crippen LogP contribution in [-0.4, -0.2) is 37.8 Å². The van der Waals surface area contributed by atoms with Crippen molar-refractivity contribution in [1.29, 1.82) is 0 Å². The van der Waals surface area contributed by atoms with Gasteiger partial charge in [-0.3, -0.25) is 4.90 Å². The summed E-state index contributed by atoms with van der Waals surface area (Å²) in [4.78, 5) is 2.19. The molecule has 0 saturated carbocycles. The quantitative estimate of drug-likeness (QED) is 0.898. The van der Waals surface area contributed by atoms with Crippen molar-refractivity contribution in [2.24, 2.45) is 0 Å². The number of nitrogens with one attached hydrogen (secondary N) is 1. The van der Waals surface area contributed by atoms with Crippen LogP contribution in [0.15, 0.2) is 54.6 Å². The number of piperazine rings is 1. The van der Waals surface area contributed by atoms with E-state index >= 15 is 0 Å². The molecule has 0 amide bonds. The third-order valence-corrected chi connectivity index (χ3v) is 3.96. The van der Waals surface area contributed by atoms with Gasteiger partial charge in [-0.1, -0.05) is 30.3 Å². The second kappa shape index (κ2) is 8.87. The molecule has 1 N–H and O–H groups in total. The fraction of sp³-hybridized carbons (Fsp3) is 0.333. The predicted molar refractivity (Wildman–Crippen MR) is 93.4 cm³/mol. The fourth-order valence-electron chi connectivity index (χ4n) is 2.80. The van der Waals surface area contributed by atoms with Crippen LogP contribution in [0.3, 0.4) is 0 Å². The number of rotatable bonds is 5. The normalized spacial score (nSPS) is 16.4. The topological polar surface area (TPSA) is 24.5 Å². The van der Waals surface area contributed by atoms with Crippen LogP contribution < -0.4 is 10.1 Å². The van der Waals surface area contributed by atoms with E-state index in [2.05, 4.69) is 10.2 Å². The van der Waals surface area contributed by atoms with Gasteiger partial charge in [0, 0.05) is 26.2 Å². The van der Waals surface area contributed by atoms with Crippen molar-refractivity contribution in [1.82, 2.24) is 10.2 Å². The summed E-state index contributed by atoms with van der Waals surface area (Å²) in [6.07, 6.45) is 0. The number of hydrogen-bond donors (Lipinski definition) is 1. The summed E-state index contributed by atoms with van der Waals surface area (Å²) in [7, 11) is 0. The molecule has 0 bridgehead atoms. The largest absolute Gasteiger partial charge is 0.457 e. The first-order chi connectivity index (χ1) is 10.9. The van der Waals surface area contributed by atoms with Gasteiger partial charge in [0.15, 0.2) is 0 Å². The zero-order valence-corrected chi connectivity index (χ0v) is 13.8. The van der Waals surface area contributed by atoms with Gasteiger partial charge in [0.1, 0.15) is 18.2 Å². The average molecular weight is 337 g/mol. The Labute approximate surface area is 142 Å². The number of benzene rings is 2. The molecule has 124 valence electrons. The van der Waals surface area contributed by atoms with Crippen molar-refractivity contribution in [2.75, 3.05) is 32.9 Å². The lowest BCUT2D eigenvalue weighted by atomic mass is 10.1. The number of nitrogens with zero attached hydrogens (tertiary/aromatic N) is 1. The monoisotopic (exact) mass is 336 g/mol. The van der Waals surface area contributed by atoms with E-state index in [1.54, 1.807) is 0 Å². The van der Waals surface area contributed by atoms with Crippen LogP contribution >= 0.6 is 12.4 Å². The summed E-state index contributed by atoms with van der Waals surface area (Å²) in [5.74, 6) is 1.54. The van der Waals surface area contributed by atoms with Crippen molar-refractivity contribution in [3.8, 4) is 11.5 Å². The van der Waals surface area contributed by atoms with Crippen LogP contribution in [0.5, 0.6) is 11.5 Å². The first-order valence-corrected chi connectivity index (χ1v) is 7.70. The summed E-state index contributed by atoms with van der Waals surface area (Å²) in [5, 5.41) is 3.30. The Kier molecular flexibility index (Phi) is 6.84. The van der Waals surface area contributed by atoms with Crippen molar-refractivity contribution in [3.05, 3.63) is 60.2 Å². The summed E-state index contributed by atoms with van der Waals surface area (Å²) in [6.45, 7) is 3.19. The van der Waals surface area contributed by atoms with Gasteiger partial charge in [-0.05, 0) is 29.8 Å². The minimum Gasteiger partial charge on any atom is -0.457 e. The van der Waals surface area contributed by atoms with Gasteiger partial charge in [-0.25, -0.2) is 4.39 Å². The molecule has 0 aromatic heterocycles. The molecule has 1 saturated heterocycles. The molecule has 3 nitrogen and oxygen atoms in total. The lowest BCUT2D eigenvalue weighted by molar-refractivity contribution is 0.147. The maximum Gasteiger partial charge on any atom is 0.127 e. The van der Waals surface area contributed by atoms with Gasteiger partial charge in [-0.15, -0.1) is 12.4 Å². The van der Waals surface area contributed by atoms with Crippen LogP contribution in [-0.2, 0) is 0 Å². The maximum absolute atomic E-state index is 13.6. The molecule has 5 heteroatoms. The molecule has 1 atom stereocenters. The molecular formula is C18H22ClFN2O. The molecular weight excluding hydrogens is 315 g/mol. The highest BCUT2D eigenvalue weighted by Gasteiger charge is 2.22. The molecule has 0 radical (unpaired) electrons. The van der Waals surface area contributed by atoms with E-state index in [-0.39, 0.29) is 25.1 Å². The number of halogens is 2. The Balaban J connectivity index is 0.00000192. The summed E-state index contributed by atoms with van der Waals surface area (Å²) in [5.41, 5.74) is 0.970. The highest BCUT2D eigenvalue weighted by molar-refractivity contribution is 5.85. The van der Waals surface area contributed by atoms with Gasteiger partial charge in [-0.2, -0.15) is 0 Å². The average Bonchev–Trinajstić information content (AvgIpc) is 2.58. The van der Waals surface area contributed by atoms with Crippen LogP contribution in [0.25, 0.3) is 0 Å². The Bertz CT molecular complexity index is 591. The first kappa shape index (κ1) is 17.7. The lowest BCUT2D eigenvalue weighted by Crippen LogP contribution is -2.45. The smallest absolute Gasteiger partial charge is 0.127 e. The van der Waals surface area contributed by atoms with Crippen molar-refractivity contribution in [3.63, 3.8) is 0 Å². The van der Waals surface area contributed by atoms with E-state index in [4.69, 9.17) is 4.74 Å². The summed E-state index contributed by atoms with van der Waals surface area (Å²) in [6, 6.07) is 17.2. The molecule has 1 aliphatic rings. The molecule has 0 unspecified atom stereocenters. The number of alkyl halides is 1. The minimum atomic E-state index is -0.380. The number of ether oxygens (including phenoxy) is 1. The molecule has 0 aliphatic carbocycles. The SMILES string of the molecule is Cl.FC[C@H](c1cccc(Oc2ccccc2)c1)N1CCNCC1. The predicted octanol–water partition coefficient (Wildman–Crippen LogP) is 3.82.